The van der Waals surface area contributed by atoms with Crippen LogP contribution in [0.15, 0.2) is 24.3 Å². The van der Waals surface area contributed by atoms with Crippen molar-refractivity contribution in [1.29, 1.82) is 0 Å². The number of carbonyl (C=O) groups excluding carboxylic acids is 2. The summed E-state index contributed by atoms with van der Waals surface area (Å²) in [6.45, 7) is -1.03. The number of hydrogen-bond donors (Lipinski definition) is 4. The van der Waals surface area contributed by atoms with Gasteiger partial charge in [-0.15, -0.1) is 0 Å². The van der Waals surface area contributed by atoms with E-state index < -0.39 is 56.0 Å². The van der Waals surface area contributed by atoms with Gasteiger partial charge in [0.1, 0.15) is 11.3 Å². The third-order valence-electron chi connectivity index (χ3n) is 4.13. The van der Waals surface area contributed by atoms with E-state index in [1.54, 1.807) is 14.1 Å². The lowest BCUT2D eigenvalue weighted by Crippen LogP contribution is -2.44. The minimum Gasteiger partial charge on any atom is -0.480 e. The van der Waals surface area contributed by atoms with Crippen LogP contribution in [0.2, 0.25) is 0 Å². The van der Waals surface area contributed by atoms with Crippen LogP contribution in [-0.4, -0.2) is 124 Å². The van der Waals surface area contributed by atoms with Gasteiger partial charge in [0, 0.05) is 34.1 Å². The Hall–Kier alpha value is -4.04. The van der Waals surface area contributed by atoms with Gasteiger partial charge in [-0.05, 0) is 12.1 Å². The lowest BCUT2D eigenvalue weighted by atomic mass is 10.2. The molecular weight excluding hydrogens is 470 g/mol. The van der Waals surface area contributed by atoms with Crippen molar-refractivity contribution in [2.45, 2.75) is 6.92 Å². The molecule has 35 heavy (non-hydrogen) atoms. The number of para-hydroxylation sites is 1. The minimum absolute atomic E-state index is 0.0926. The molecule has 0 aliphatic heterocycles. The first kappa shape index (κ1) is 31.0. The molecule has 4 N–H and O–H groups in total. The van der Waals surface area contributed by atoms with E-state index in [-0.39, 0.29) is 30.3 Å². The molecule has 0 aliphatic rings. The number of carboxylic acids is 4. The fraction of sp³-hybridized carbons (Fsp3) is 0.429. The Bertz CT molecular complexity index is 902. The molecule has 14 heteroatoms. The van der Waals surface area contributed by atoms with E-state index in [1.165, 1.54) is 36.1 Å². The zero-order valence-electron chi connectivity index (χ0n) is 19.5. The monoisotopic (exact) mass is 499 g/mol. The maximum Gasteiger partial charge on any atom is 0.339 e. The van der Waals surface area contributed by atoms with E-state index in [4.69, 9.17) is 25.2 Å². The number of ether oxygens (including phenoxy) is 1. The molecule has 0 saturated carbocycles. The number of carboxylic acid groups (broad SMARTS) is 4. The molecule has 0 atom stereocenters. The van der Waals surface area contributed by atoms with Crippen molar-refractivity contribution in [2.75, 3.05) is 53.4 Å². The standard InChI is InChI=1S/C17H20N2O10.C4H9NO/c20-13(21)7-18(8-14(22)23)5-6-19(9-15(24)25)10-16(26)29-12-4-2-1-3-11(12)17(27)28;1-4(6)5(2)3/h1-4H,5-10H2,(H,20,21)(H,22,23)(H,24,25)(H,27,28);1-3H3. The van der Waals surface area contributed by atoms with Gasteiger partial charge in [-0.25, -0.2) is 4.79 Å². The van der Waals surface area contributed by atoms with E-state index in [0.29, 0.717) is 0 Å². The summed E-state index contributed by atoms with van der Waals surface area (Å²) in [6.07, 6.45) is 0. The Balaban J connectivity index is 0.00000170. The first-order valence-electron chi connectivity index (χ1n) is 10.0. The zero-order valence-corrected chi connectivity index (χ0v) is 19.5. The maximum atomic E-state index is 12.1. The second-order valence-electron chi connectivity index (χ2n) is 7.29. The molecule has 194 valence electrons. The Morgan fingerprint density at radius 2 is 1.14 bits per heavy atom. The first-order chi connectivity index (χ1) is 16.2. The Labute approximate surface area is 200 Å². The van der Waals surface area contributed by atoms with Gasteiger partial charge in [0.2, 0.25) is 5.91 Å². The molecule has 1 amide bonds. The Morgan fingerprint density at radius 3 is 1.51 bits per heavy atom. The zero-order chi connectivity index (χ0) is 27.1. The van der Waals surface area contributed by atoms with Crippen LogP contribution in [0.1, 0.15) is 17.3 Å². The predicted octanol–water partition coefficient (Wildman–Crippen LogP) is -0.757. The van der Waals surface area contributed by atoms with Gasteiger partial charge in [-0.1, -0.05) is 12.1 Å². The highest BCUT2D eigenvalue weighted by molar-refractivity contribution is 5.92. The molecule has 0 aliphatic carbocycles. The quantitative estimate of drug-likeness (QED) is 0.195. The van der Waals surface area contributed by atoms with Crippen LogP contribution in [0.4, 0.5) is 0 Å². The fourth-order valence-electron chi connectivity index (χ4n) is 2.35. The number of aliphatic carboxylic acids is 3. The summed E-state index contributed by atoms with van der Waals surface area (Å²) in [7, 11) is 3.45. The Morgan fingerprint density at radius 1 is 0.743 bits per heavy atom. The summed E-state index contributed by atoms with van der Waals surface area (Å²) in [5.41, 5.74) is -0.250. The summed E-state index contributed by atoms with van der Waals surface area (Å²) in [5.74, 6) is -6.15. The number of hydrogen-bond acceptors (Lipinski definition) is 9. The smallest absolute Gasteiger partial charge is 0.339 e. The van der Waals surface area contributed by atoms with Crippen LogP contribution >= 0.6 is 0 Å². The second kappa shape index (κ2) is 15.7. The van der Waals surface area contributed by atoms with E-state index in [0.717, 1.165) is 9.80 Å². The highest BCUT2D eigenvalue weighted by Gasteiger charge is 2.20. The highest BCUT2D eigenvalue weighted by atomic mass is 16.5. The molecule has 0 heterocycles. The van der Waals surface area contributed by atoms with Gasteiger partial charge in [-0.2, -0.15) is 0 Å². The average molecular weight is 499 g/mol. The van der Waals surface area contributed by atoms with Crippen LogP contribution in [0.25, 0.3) is 0 Å². The lowest BCUT2D eigenvalue weighted by Gasteiger charge is -2.24. The number of nitrogens with zero attached hydrogens (tertiary/aromatic N) is 3. The van der Waals surface area contributed by atoms with Crippen molar-refractivity contribution in [3.8, 4) is 5.75 Å². The number of aromatic carboxylic acids is 1. The molecule has 0 radical (unpaired) electrons. The molecule has 0 spiro atoms. The van der Waals surface area contributed by atoms with E-state index in [1.807, 2.05) is 0 Å². The van der Waals surface area contributed by atoms with Gasteiger partial charge in [0.15, 0.2) is 0 Å². The first-order valence-corrected chi connectivity index (χ1v) is 10.0. The van der Waals surface area contributed by atoms with E-state index >= 15 is 0 Å². The molecule has 1 rings (SSSR count). The van der Waals surface area contributed by atoms with Crippen molar-refractivity contribution in [3.05, 3.63) is 29.8 Å². The summed E-state index contributed by atoms with van der Waals surface area (Å²) in [5, 5.41) is 35.7. The maximum absolute atomic E-state index is 12.1. The third kappa shape index (κ3) is 14.7. The molecule has 0 fully saturated rings. The van der Waals surface area contributed by atoms with E-state index in [9.17, 15) is 28.8 Å². The van der Waals surface area contributed by atoms with Crippen molar-refractivity contribution >= 4 is 35.8 Å². The van der Waals surface area contributed by atoms with Crippen LogP contribution in [0.5, 0.6) is 5.75 Å². The molecule has 0 aromatic heterocycles. The highest BCUT2D eigenvalue weighted by Crippen LogP contribution is 2.18. The molecular formula is C21H29N3O11. The van der Waals surface area contributed by atoms with Crippen LogP contribution in [0.3, 0.4) is 0 Å². The summed E-state index contributed by atoms with van der Waals surface area (Å²) < 4.78 is 5.00. The van der Waals surface area contributed by atoms with Crippen molar-refractivity contribution in [2.24, 2.45) is 0 Å². The molecule has 1 aromatic carbocycles. The van der Waals surface area contributed by atoms with Crippen LogP contribution in [-0.2, 0) is 24.0 Å². The normalized spacial score (nSPS) is 10.2. The van der Waals surface area contributed by atoms with Gasteiger partial charge >= 0.3 is 29.8 Å². The van der Waals surface area contributed by atoms with E-state index in [2.05, 4.69) is 0 Å². The Kier molecular flexibility index (Phi) is 13.9. The summed E-state index contributed by atoms with van der Waals surface area (Å²) >= 11 is 0. The van der Waals surface area contributed by atoms with Gasteiger partial charge in [0.25, 0.3) is 0 Å². The molecule has 14 nitrogen and oxygen atoms in total. The summed E-state index contributed by atoms with van der Waals surface area (Å²) in [6, 6.07) is 5.40. The average Bonchev–Trinajstić information content (AvgIpc) is 2.71. The summed E-state index contributed by atoms with van der Waals surface area (Å²) in [4.78, 5) is 69.7. The predicted molar refractivity (Wildman–Crippen MR) is 119 cm³/mol. The number of carbonyl (C=O) groups is 6. The van der Waals surface area contributed by atoms with Crippen LogP contribution < -0.4 is 4.74 Å². The van der Waals surface area contributed by atoms with Crippen molar-refractivity contribution in [3.63, 3.8) is 0 Å². The topological polar surface area (TPSA) is 202 Å². The van der Waals surface area contributed by atoms with Gasteiger partial charge in [-0.3, -0.25) is 33.8 Å². The van der Waals surface area contributed by atoms with Crippen molar-refractivity contribution < 1.29 is 53.9 Å². The molecule has 0 unspecified atom stereocenters. The number of esters is 1. The second-order valence-corrected chi connectivity index (χ2v) is 7.29. The SMILES string of the molecule is CC(=O)N(C)C.O=C(O)CN(CCN(CC(=O)O)CC(=O)Oc1ccccc1C(=O)O)CC(=O)O. The van der Waals surface area contributed by atoms with Gasteiger partial charge < -0.3 is 30.1 Å². The molecule has 0 saturated heterocycles. The number of rotatable bonds is 13. The van der Waals surface area contributed by atoms with Gasteiger partial charge in [0.05, 0.1) is 26.2 Å². The largest absolute Gasteiger partial charge is 0.480 e. The fourth-order valence-corrected chi connectivity index (χ4v) is 2.35. The van der Waals surface area contributed by atoms with Crippen LogP contribution in [0, 0.1) is 0 Å². The van der Waals surface area contributed by atoms with Crippen molar-refractivity contribution in [1.82, 2.24) is 14.7 Å². The lowest BCUT2D eigenvalue weighted by molar-refractivity contribution is -0.144. The number of amides is 1. The number of benzene rings is 1. The third-order valence-corrected chi connectivity index (χ3v) is 4.13. The molecule has 0 bridgehead atoms. The molecule has 1 aromatic rings. The minimum atomic E-state index is -1.31.